The van der Waals surface area contributed by atoms with E-state index in [0.717, 1.165) is 29.4 Å². The smallest absolute Gasteiger partial charge is 0.264 e. The molecule has 0 aliphatic carbocycles. The number of carbonyl (C=O) groups excluding carboxylic acids is 2. The van der Waals surface area contributed by atoms with E-state index in [-0.39, 0.29) is 17.9 Å². The maximum atomic E-state index is 12.4. The summed E-state index contributed by atoms with van der Waals surface area (Å²) < 4.78 is 0. The normalized spacial score (nSPS) is 19.3. The fourth-order valence-corrected chi connectivity index (χ4v) is 2.99. The van der Waals surface area contributed by atoms with Gasteiger partial charge in [-0.1, -0.05) is 0 Å². The predicted octanol–water partition coefficient (Wildman–Crippen LogP) is 0.818. The molecule has 0 bridgehead atoms. The van der Waals surface area contributed by atoms with Gasteiger partial charge in [0.25, 0.3) is 5.91 Å². The van der Waals surface area contributed by atoms with Crippen LogP contribution in [0.1, 0.15) is 28.4 Å². The highest BCUT2D eigenvalue weighted by Crippen LogP contribution is 2.19. The molecule has 1 aromatic heterocycles. The molecular formula is C13H19N3O2S. The van der Waals surface area contributed by atoms with Crippen LogP contribution in [-0.2, 0) is 11.3 Å². The van der Waals surface area contributed by atoms with E-state index in [1.807, 2.05) is 17.0 Å². The molecular weight excluding hydrogens is 262 g/mol. The zero-order valence-electron chi connectivity index (χ0n) is 11.2. The quantitative estimate of drug-likeness (QED) is 0.862. The topological polar surface area (TPSA) is 61.4 Å². The molecule has 1 saturated heterocycles. The number of carbonyl (C=O) groups is 2. The maximum absolute atomic E-state index is 12.4. The number of nitrogens with one attached hydrogen (secondary N) is 2. The molecule has 1 fully saturated rings. The Bertz CT molecular complexity index is 472. The van der Waals surface area contributed by atoms with Crippen molar-refractivity contribution in [3.8, 4) is 0 Å². The van der Waals surface area contributed by atoms with Gasteiger partial charge in [-0.25, -0.2) is 0 Å². The third-order valence-electron chi connectivity index (χ3n) is 3.15. The van der Waals surface area contributed by atoms with Crippen LogP contribution in [0.25, 0.3) is 0 Å². The average Bonchev–Trinajstić information content (AvgIpc) is 2.85. The van der Waals surface area contributed by atoms with Crippen LogP contribution in [-0.4, -0.2) is 42.4 Å². The van der Waals surface area contributed by atoms with E-state index in [1.54, 1.807) is 0 Å². The summed E-state index contributed by atoms with van der Waals surface area (Å²) in [5.41, 5.74) is 0. The third kappa shape index (κ3) is 3.54. The monoisotopic (exact) mass is 281 g/mol. The van der Waals surface area contributed by atoms with Crippen molar-refractivity contribution in [3.05, 3.63) is 21.9 Å². The van der Waals surface area contributed by atoms with Crippen LogP contribution in [0.5, 0.6) is 0 Å². The molecule has 2 heterocycles. The highest BCUT2D eigenvalue weighted by atomic mass is 32.1. The molecule has 0 saturated carbocycles. The van der Waals surface area contributed by atoms with Crippen molar-refractivity contribution in [1.29, 1.82) is 0 Å². The SMILES string of the molecule is CC(=O)NCc1ccc(C(=O)N2CCNC[C@H]2C)s1. The molecule has 19 heavy (non-hydrogen) atoms. The first kappa shape index (κ1) is 14.0. The lowest BCUT2D eigenvalue weighted by Gasteiger charge is -2.33. The van der Waals surface area contributed by atoms with Gasteiger partial charge in [0.15, 0.2) is 0 Å². The van der Waals surface area contributed by atoms with Crippen molar-refractivity contribution in [2.75, 3.05) is 19.6 Å². The molecule has 2 N–H and O–H groups in total. The summed E-state index contributed by atoms with van der Waals surface area (Å²) in [6.07, 6.45) is 0. The van der Waals surface area contributed by atoms with Crippen LogP contribution >= 0.6 is 11.3 Å². The number of piperazine rings is 1. The van der Waals surface area contributed by atoms with E-state index >= 15 is 0 Å². The van der Waals surface area contributed by atoms with Crippen molar-refractivity contribution in [1.82, 2.24) is 15.5 Å². The molecule has 2 amide bonds. The number of thiophene rings is 1. The highest BCUT2D eigenvalue weighted by Gasteiger charge is 2.24. The Morgan fingerprint density at radius 2 is 2.32 bits per heavy atom. The number of rotatable bonds is 3. The van der Waals surface area contributed by atoms with Gasteiger partial charge in [0.2, 0.25) is 5.91 Å². The van der Waals surface area contributed by atoms with Crippen LogP contribution in [0, 0.1) is 0 Å². The van der Waals surface area contributed by atoms with Gasteiger partial charge in [-0.05, 0) is 19.1 Å². The van der Waals surface area contributed by atoms with Crippen molar-refractivity contribution < 1.29 is 9.59 Å². The lowest BCUT2D eigenvalue weighted by atomic mass is 10.2. The standard InChI is InChI=1S/C13H19N3O2S/c1-9-7-14-5-6-16(9)13(18)12-4-3-11(19-12)8-15-10(2)17/h3-4,9,14H,5-8H2,1-2H3,(H,15,17)/t9-/m1/s1. The van der Waals surface area contributed by atoms with Gasteiger partial charge >= 0.3 is 0 Å². The van der Waals surface area contributed by atoms with E-state index in [1.165, 1.54) is 18.3 Å². The Labute approximate surface area is 117 Å². The lowest BCUT2D eigenvalue weighted by Crippen LogP contribution is -2.52. The molecule has 0 unspecified atom stereocenters. The molecule has 0 radical (unpaired) electrons. The summed E-state index contributed by atoms with van der Waals surface area (Å²) in [5.74, 6) is 0.0325. The molecule has 104 valence electrons. The molecule has 5 nitrogen and oxygen atoms in total. The van der Waals surface area contributed by atoms with Crippen molar-refractivity contribution >= 4 is 23.2 Å². The van der Waals surface area contributed by atoms with Gasteiger partial charge in [0.05, 0.1) is 11.4 Å². The van der Waals surface area contributed by atoms with Crippen molar-refractivity contribution in [3.63, 3.8) is 0 Å². The molecule has 2 rings (SSSR count). The summed E-state index contributed by atoms with van der Waals surface area (Å²) in [6.45, 7) is 6.47. The van der Waals surface area contributed by atoms with E-state index < -0.39 is 0 Å². The van der Waals surface area contributed by atoms with Crippen molar-refractivity contribution in [2.45, 2.75) is 26.4 Å². The zero-order chi connectivity index (χ0) is 13.8. The first-order chi connectivity index (χ1) is 9.08. The van der Waals surface area contributed by atoms with Crippen LogP contribution in [0.15, 0.2) is 12.1 Å². The molecule has 1 atom stereocenters. The minimum absolute atomic E-state index is 0.0583. The van der Waals surface area contributed by atoms with E-state index in [9.17, 15) is 9.59 Å². The van der Waals surface area contributed by atoms with Crippen molar-refractivity contribution in [2.24, 2.45) is 0 Å². The number of nitrogens with zero attached hydrogens (tertiary/aromatic N) is 1. The van der Waals surface area contributed by atoms with Crippen LogP contribution in [0.4, 0.5) is 0 Å². The van der Waals surface area contributed by atoms with Gasteiger partial charge in [0, 0.05) is 37.5 Å². The minimum Gasteiger partial charge on any atom is -0.351 e. The Hall–Kier alpha value is -1.40. The first-order valence-corrected chi connectivity index (χ1v) is 7.24. The molecule has 1 aliphatic rings. The van der Waals surface area contributed by atoms with Gasteiger partial charge in [0.1, 0.15) is 0 Å². The minimum atomic E-state index is -0.0583. The van der Waals surface area contributed by atoms with Crippen LogP contribution in [0.3, 0.4) is 0 Å². The van der Waals surface area contributed by atoms with E-state index in [0.29, 0.717) is 6.54 Å². The highest BCUT2D eigenvalue weighted by molar-refractivity contribution is 7.14. The third-order valence-corrected chi connectivity index (χ3v) is 4.22. The number of hydrogen-bond donors (Lipinski definition) is 2. The Balaban J connectivity index is 2.01. The summed E-state index contributed by atoms with van der Waals surface area (Å²) in [7, 11) is 0. The molecule has 6 heteroatoms. The summed E-state index contributed by atoms with van der Waals surface area (Å²) >= 11 is 1.45. The Kier molecular flexibility index (Phi) is 4.55. The average molecular weight is 281 g/mol. The van der Waals surface area contributed by atoms with Crippen LogP contribution < -0.4 is 10.6 Å². The fourth-order valence-electron chi connectivity index (χ4n) is 2.08. The van der Waals surface area contributed by atoms with Crippen LogP contribution in [0.2, 0.25) is 0 Å². The molecule has 1 aliphatic heterocycles. The predicted molar refractivity (Wildman–Crippen MR) is 75.2 cm³/mol. The van der Waals surface area contributed by atoms with Gasteiger partial charge in [-0.2, -0.15) is 0 Å². The summed E-state index contributed by atoms with van der Waals surface area (Å²) in [6, 6.07) is 3.97. The first-order valence-electron chi connectivity index (χ1n) is 6.43. The van der Waals surface area contributed by atoms with E-state index in [2.05, 4.69) is 17.6 Å². The zero-order valence-corrected chi connectivity index (χ0v) is 12.0. The second-order valence-corrected chi connectivity index (χ2v) is 5.90. The van der Waals surface area contributed by atoms with Gasteiger partial charge in [-0.15, -0.1) is 11.3 Å². The second kappa shape index (κ2) is 6.16. The summed E-state index contributed by atoms with van der Waals surface area (Å²) in [5, 5.41) is 6.01. The molecule has 0 spiro atoms. The Morgan fingerprint density at radius 3 is 3.00 bits per heavy atom. The second-order valence-electron chi connectivity index (χ2n) is 4.73. The number of hydrogen-bond acceptors (Lipinski definition) is 4. The molecule has 0 aromatic carbocycles. The molecule has 1 aromatic rings. The number of amides is 2. The van der Waals surface area contributed by atoms with E-state index in [4.69, 9.17) is 0 Å². The van der Waals surface area contributed by atoms with Gasteiger partial charge < -0.3 is 15.5 Å². The largest absolute Gasteiger partial charge is 0.351 e. The Morgan fingerprint density at radius 1 is 1.53 bits per heavy atom. The summed E-state index contributed by atoms with van der Waals surface area (Å²) in [4.78, 5) is 26.9. The lowest BCUT2D eigenvalue weighted by molar-refractivity contribution is -0.119. The fraction of sp³-hybridized carbons (Fsp3) is 0.538. The van der Waals surface area contributed by atoms with Gasteiger partial charge in [-0.3, -0.25) is 9.59 Å². The maximum Gasteiger partial charge on any atom is 0.264 e.